The van der Waals surface area contributed by atoms with Gasteiger partial charge >= 0.3 is 320 Å². The van der Waals surface area contributed by atoms with Gasteiger partial charge in [-0.2, -0.15) is 0 Å². The normalized spacial score (nSPS) is 17.3. The van der Waals surface area contributed by atoms with E-state index in [1.54, 1.807) is 9.77 Å². The Morgan fingerprint density at radius 1 is 0.692 bits per heavy atom. The van der Waals surface area contributed by atoms with E-state index in [0.717, 1.165) is 25.7 Å². The van der Waals surface area contributed by atoms with E-state index in [4.69, 9.17) is 0 Å². The predicted molar refractivity (Wildman–Crippen MR) is 220 cm³/mol. The first-order chi connectivity index (χ1) is 25.5. The molecule has 0 saturated carbocycles. The number of hydrogen-bond acceptors (Lipinski definition) is 0. The van der Waals surface area contributed by atoms with Gasteiger partial charge in [-0.3, -0.25) is 0 Å². The Morgan fingerprint density at radius 3 is 1.87 bits per heavy atom. The van der Waals surface area contributed by atoms with Crippen LogP contribution in [0.4, 0.5) is 0 Å². The molecule has 0 N–H and O–H groups in total. The van der Waals surface area contributed by atoms with Crippen LogP contribution in [0.1, 0.15) is 61.8 Å². The first-order valence-electron chi connectivity index (χ1n) is 19.1. The fraction of sp³-hybridized carbons (Fsp3) is 0.196. The molecule has 0 fully saturated rings. The van der Waals surface area contributed by atoms with Crippen molar-refractivity contribution >= 4 is 20.4 Å². The average Bonchev–Trinajstić information content (AvgIpc) is 3.84. The molecule has 0 aliphatic heterocycles. The topological polar surface area (TPSA) is 0 Å². The molecule has 1 atom stereocenters. The van der Waals surface area contributed by atoms with Crippen molar-refractivity contribution in [3.63, 3.8) is 0 Å². The minimum absolute atomic E-state index is 0.0805. The van der Waals surface area contributed by atoms with E-state index in [0.29, 0.717) is 0 Å². The minimum atomic E-state index is -2.82. The molecule has 0 heterocycles. The van der Waals surface area contributed by atoms with E-state index >= 15 is 0 Å². The van der Waals surface area contributed by atoms with Gasteiger partial charge in [-0.15, -0.1) is 0 Å². The quantitative estimate of drug-likeness (QED) is 0.126. The Labute approximate surface area is 318 Å². The monoisotopic (exact) mass is 750 g/mol. The van der Waals surface area contributed by atoms with E-state index in [-0.39, 0.29) is 5.41 Å². The summed E-state index contributed by atoms with van der Waals surface area (Å²) in [4.78, 5) is 0. The van der Waals surface area contributed by atoms with Crippen LogP contribution >= 0.6 is 0 Å². The zero-order valence-electron chi connectivity index (χ0n) is 30.8. The first-order valence-corrected chi connectivity index (χ1v) is 22.8. The molecule has 5 aromatic rings. The summed E-state index contributed by atoms with van der Waals surface area (Å²) in [5.74, 6) is 0. The van der Waals surface area contributed by atoms with Gasteiger partial charge in [-0.25, -0.2) is 0 Å². The maximum atomic E-state index is 2.63. The molecule has 0 radical (unpaired) electrons. The third-order valence-electron chi connectivity index (χ3n) is 11.4. The molecule has 0 bridgehead atoms. The fourth-order valence-corrected chi connectivity index (χ4v) is 18.1. The summed E-state index contributed by atoms with van der Waals surface area (Å²) < 4.78 is 5.28. The van der Waals surface area contributed by atoms with Crippen LogP contribution in [0.25, 0.3) is 28.3 Å². The Bertz CT molecular complexity index is 2340. The van der Waals surface area contributed by atoms with Crippen molar-refractivity contribution in [2.45, 2.75) is 59.3 Å². The standard InChI is InChI=1S/C31H29.C15H14.C5H5.Zr/c1-4-5-16-31(3)21-26-18-25-17-22(2)27(23-12-8-6-9-13-23)19-28(25)29(26)20-30(31)24-14-10-7-11-15-24;1-3-8-14(9-4-1)12-7-13-15-10-5-2-6-11-15;1-2-4-5-3-1;/h6-15,17-20H,4-5,16H2,1-3H3;1-6,8-11H,12-13H2;1-3H,4H2;. The third-order valence-corrected chi connectivity index (χ3v) is 19.7. The molecule has 256 valence electrons. The summed E-state index contributed by atoms with van der Waals surface area (Å²) in [5, 5.41) is 2.76. The third kappa shape index (κ3) is 6.77. The van der Waals surface area contributed by atoms with Crippen molar-refractivity contribution in [2.75, 3.05) is 0 Å². The molecule has 0 aromatic heterocycles. The maximum absolute atomic E-state index is 2.82. The van der Waals surface area contributed by atoms with Crippen LogP contribution in [-0.4, -0.2) is 3.21 Å². The van der Waals surface area contributed by atoms with Gasteiger partial charge in [-0.1, -0.05) is 0 Å². The Kier molecular flexibility index (Phi) is 10.2. The second kappa shape index (κ2) is 15.3. The van der Waals surface area contributed by atoms with Crippen molar-refractivity contribution < 1.29 is 21.3 Å². The molecule has 1 unspecified atom stereocenters. The van der Waals surface area contributed by atoms with Crippen molar-refractivity contribution in [1.82, 2.24) is 0 Å². The second-order valence-corrected chi connectivity index (χ2v) is 21.3. The van der Waals surface area contributed by atoms with Gasteiger partial charge in [0, 0.05) is 0 Å². The van der Waals surface area contributed by atoms with E-state index in [2.05, 4.69) is 185 Å². The average molecular weight is 752 g/mol. The van der Waals surface area contributed by atoms with E-state index in [1.165, 1.54) is 73.4 Å². The molecule has 0 spiro atoms. The molecule has 1 heteroatoms. The van der Waals surface area contributed by atoms with E-state index in [1.807, 2.05) is 0 Å². The van der Waals surface area contributed by atoms with Gasteiger partial charge in [0.2, 0.25) is 0 Å². The number of benzene rings is 5. The van der Waals surface area contributed by atoms with E-state index in [9.17, 15) is 0 Å². The van der Waals surface area contributed by atoms with Crippen LogP contribution in [0.3, 0.4) is 0 Å². The Morgan fingerprint density at radius 2 is 1.29 bits per heavy atom. The molecular formula is C51H48Zr. The fourth-order valence-electron chi connectivity index (χ4n) is 8.83. The first kappa shape index (κ1) is 34.6. The van der Waals surface area contributed by atoms with Crippen LogP contribution in [0.2, 0.25) is 0 Å². The zero-order valence-corrected chi connectivity index (χ0v) is 33.3. The van der Waals surface area contributed by atoms with Crippen LogP contribution in [0.15, 0.2) is 170 Å². The van der Waals surface area contributed by atoms with E-state index < -0.39 is 21.3 Å². The van der Waals surface area contributed by atoms with Crippen LogP contribution < -0.4 is 10.4 Å². The van der Waals surface area contributed by atoms with Gasteiger partial charge in [-0.05, 0) is 0 Å². The van der Waals surface area contributed by atoms with Crippen molar-refractivity contribution in [3.05, 3.63) is 203 Å². The predicted octanol–water partition coefficient (Wildman–Crippen LogP) is 11.3. The van der Waals surface area contributed by atoms with Crippen molar-refractivity contribution in [1.29, 1.82) is 0 Å². The molecule has 52 heavy (non-hydrogen) atoms. The second-order valence-electron chi connectivity index (χ2n) is 15.0. The van der Waals surface area contributed by atoms with Crippen LogP contribution in [0, 0.1) is 12.3 Å². The summed E-state index contributed by atoms with van der Waals surface area (Å²) >= 11 is -2.82. The number of allylic oxidation sites excluding steroid dienone is 8. The summed E-state index contributed by atoms with van der Waals surface area (Å²) in [5.41, 5.74) is 12.6. The molecule has 5 aromatic carbocycles. The number of rotatable bonds is 11. The zero-order chi connectivity index (χ0) is 35.5. The van der Waals surface area contributed by atoms with Gasteiger partial charge in [0.15, 0.2) is 0 Å². The molecule has 3 aliphatic rings. The number of fused-ring (bicyclic) bond motifs is 2. The van der Waals surface area contributed by atoms with Crippen LogP contribution in [0.5, 0.6) is 0 Å². The summed E-state index contributed by atoms with van der Waals surface area (Å²) in [7, 11) is 0. The SMILES string of the molecule is CCCCC1(C)C(c2ccccc2)=CC2=c3cc(-c4ccccc4)c(C)cc3=CC2=[C]1[Zr]([C]1=CC=CC1)=[C](Cc1ccccc1)Cc1ccccc1. The molecular weight excluding hydrogens is 704 g/mol. The Hall–Kier alpha value is -4.45. The van der Waals surface area contributed by atoms with Crippen molar-refractivity contribution in [3.8, 4) is 11.1 Å². The number of hydrogen-bond donors (Lipinski definition) is 0. The Balaban J connectivity index is 1.49. The summed E-state index contributed by atoms with van der Waals surface area (Å²) in [6.07, 6.45) is 19.2. The molecule has 3 aliphatic carbocycles. The van der Waals surface area contributed by atoms with Gasteiger partial charge in [0.1, 0.15) is 0 Å². The number of aryl methyl sites for hydroxylation is 1. The number of unbranched alkanes of at least 4 members (excludes halogenated alkanes) is 1. The molecule has 8 rings (SSSR count). The van der Waals surface area contributed by atoms with Crippen molar-refractivity contribution in [2.24, 2.45) is 5.41 Å². The van der Waals surface area contributed by atoms with Gasteiger partial charge in [0.25, 0.3) is 0 Å². The van der Waals surface area contributed by atoms with Gasteiger partial charge < -0.3 is 0 Å². The molecule has 0 amide bonds. The van der Waals surface area contributed by atoms with Crippen LogP contribution in [-0.2, 0) is 34.1 Å². The molecule has 0 saturated heterocycles. The molecule has 0 nitrogen and oxygen atoms in total. The summed E-state index contributed by atoms with van der Waals surface area (Å²) in [6, 6.07) is 49.9. The summed E-state index contributed by atoms with van der Waals surface area (Å²) in [6.45, 7) is 7.28. The van der Waals surface area contributed by atoms with Gasteiger partial charge in [0.05, 0.1) is 0 Å².